The Balaban J connectivity index is 1.65. The fraction of sp³-hybridized carbons (Fsp3) is 0.609. The third-order valence-corrected chi connectivity index (χ3v) is 7.18. The summed E-state index contributed by atoms with van der Waals surface area (Å²) in [7, 11) is 0. The monoisotopic (exact) mass is 361 g/mol. The van der Waals surface area contributed by atoms with Gasteiger partial charge in [0.05, 0.1) is 30.4 Å². The summed E-state index contributed by atoms with van der Waals surface area (Å²) in [5, 5.41) is 18.0. The van der Waals surface area contributed by atoms with Crippen molar-refractivity contribution in [3.05, 3.63) is 35.9 Å². The summed E-state index contributed by atoms with van der Waals surface area (Å²) in [4.78, 5) is 15.5. The largest absolute Gasteiger partial charge is 0.340 e. The van der Waals surface area contributed by atoms with Gasteiger partial charge in [-0.3, -0.25) is 4.79 Å². The van der Waals surface area contributed by atoms with E-state index in [1.807, 2.05) is 4.90 Å². The highest BCUT2D eigenvalue weighted by atomic mass is 16.2. The Hall–Kier alpha value is -2.33. The van der Waals surface area contributed by atoms with Crippen molar-refractivity contribution in [2.75, 3.05) is 13.1 Å². The van der Waals surface area contributed by atoms with Crippen LogP contribution in [0.4, 0.5) is 0 Å². The second kappa shape index (κ2) is 7.01. The van der Waals surface area contributed by atoms with Crippen LogP contribution in [0.3, 0.4) is 0 Å². The van der Waals surface area contributed by atoms with Crippen molar-refractivity contribution < 1.29 is 4.79 Å². The van der Waals surface area contributed by atoms with Crippen molar-refractivity contribution in [2.24, 2.45) is 17.3 Å². The maximum Gasteiger partial charge on any atom is 0.228 e. The lowest BCUT2D eigenvalue weighted by Gasteiger charge is -2.62. The van der Waals surface area contributed by atoms with Crippen molar-refractivity contribution in [1.29, 1.82) is 10.5 Å². The molecule has 0 N–H and O–H groups in total. The van der Waals surface area contributed by atoms with E-state index in [9.17, 15) is 4.79 Å². The molecular weight excluding hydrogens is 334 g/mol. The Morgan fingerprint density at radius 3 is 2.15 bits per heavy atom. The first kappa shape index (κ1) is 18.1. The molecule has 4 aliphatic carbocycles. The summed E-state index contributed by atoms with van der Waals surface area (Å²) in [6.07, 6.45) is 7.27. The van der Waals surface area contributed by atoms with Gasteiger partial charge in [0, 0.05) is 13.1 Å². The minimum Gasteiger partial charge on any atom is -0.340 e. The second-order valence-corrected chi connectivity index (χ2v) is 9.00. The maximum absolute atomic E-state index is 13.7. The third kappa shape index (κ3) is 3.12. The highest BCUT2D eigenvalue weighted by Gasteiger charge is 2.61. The van der Waals surface area contributed by atoms with E-state index in [0.717, 1.165) is 19.3 Å². The van der Waals surface area contributed by atoms with Crippen LogP contribution in [-0.4, -0.2) is 23.9 Å². The Kier molecular flexibility index (Phi) is 4.68. The molecule has 0 radical (unpaired) electrons. The highest BCUT2D eigenvalue weighted by Crippen LogP contribution is 2.66. The first-order chi connectivity index (χ1) is 13.1. The average Bonchev–Trinajstić information content (AvgIpc) is 2.67. The van der Waals surface area contributed by atoms with E-state index < -0.39 is 0 Å². The van der Waals surface area contributed by atoms with Gasteiger partial charge in [-0.2, -0.15) is 10.5 Å². The van der Waals surface area contributed by atoms with Gasteiger partial charge in [-0.25, -0.2) is 0 Å². The zero-order valence-electron chi connectivity index (χ0n) is 15.9. The lowest BCUT2D eigenvalue weighted by atomic mass is 9.42. The quantitative estimate of drug-likeness (QED) is 0.763. The number of carbonyl (C=O) groups is 1. The van der Waals surface area contributed by atoms with Crippen LogP contribution in [0.2, 0.25) is 0 Å². The molecule has 27 heavy (non-hydrogen) atoms. The Labute approximate surface area is 161 Å². The number of carbonyl (C=O) groups excluding carboxylic acids is 1. The van der Waals surface area contributed by atoms with E-state index in [1.165, 1.54) is 24.8 Å². The van der Waals surface area contributed by atoms with Crippen molar-refractivity contribution in [1.82, 2.24) is 4.90 Å². The molecule has 1 aromatic carbocycles. The van der Waals surface area contributed by atoms with Crippen molar-refractivity contribution >= 4 is 5.91 Å². The molecule has 0 spiro atoms. The predicted molar refractivity (Wildman–Crippen MR) is 102 cm³/mol. The van der Waals surface area contributed by atoms with Gasteiger partial charge in [-0.1, -0.05) is 30.3 Å². The summed E-state index contributed by atoms with van der Waals surface area (Å²) in [5.74, 6) is 1.47. The van der Waals surface area contributed by atoms with E-state index in [1.54, 1.807) is 0 Å². The van der Waals surface area contributed by atoms with Gasteiger partial charge in [0.15, 0.2) is 0 Å². The van der Waals surface area contributed by atoms with Crippen LogP contribution >= 0.6 is 0 Å². The van der Waals surface area contributed by atoms with Crippen molar-refractivity contribution in [3.63, 3.8) is 0 Å². The standard InChI is InChI=1S/C23H27N3O/c24-8-4-10-26(11-5-9-25)21(27)23-15-18-12-19(16-23)14-22(13-18,17-23)20-6-2-1-3-7-20/h1-3,6-7,18-19H,4-5,10-17H2. The smallest absolute Gasteiger partial charge is 0.228 e. The number of nitrogens with zero attached hydrogens (tertiary/aromatic N) is 3. The first-order valence-electron chi connectivity index (χ1n) is 10.2. The molecule has 5 rings (SSSR count). The van der Waals surface area contributed by atoms with Crippen LogP contribution in [0.5, 0.6) is 0 Å². The SMILES string of the molecule is N#CCCN(CCC#N)C(=O)C12CC3CC(C1)CC(c1ccccc1)(C3)C2. The van der Waals surface area contributed by atoms with Gasteiger partial charge in [0.1, 0.15) is 0 Å². The lowest BCUT2D eigenvalue weighted by molar-refractivity contribution is -0.160. The van der Waals surface area contributed by atoms with Gasteiger partial charge in [-0.15, -0.1) is 0 Å². The minimum atomic E-state index is -0.287. The topological polar surface area (TPSA) is 67.9 Å². The Morgan fingerprint density at radius 2 is 1.59 bits per heavy atom. The van der Waals surface area contributed by atoms with Crippen LogP contribution < -0.4 is 0 Å². The van der Waals surface area contributed by atoms with E-state index in [0.29, 0.717) is 37.8 Å². The van der Waals surface area contributed by atoms with Crippen molar-refractivity contribution in [2.45, 2.75) is 56.8 Å². The number of hydrogen-bond donors (Lipinski definition) is 0. The molecule has 0 aromatic heterocycles. The zero-order chi connectivity index (χ0) is 18.9. The summed E-state index contributed by atoms with van der Waals surface area (Å²) < 4.78 is 0. The van der Waals surface area contributed by atoms with Gasteiger partial charge in [0.2, 0.25) is 5.91 Å². The predicted octanol–water partition coefficient (Wildman–Crippen LogP) is 4.18. The summed E-state index contributed by atoms with van der Waals surface area (Å²) in [6.45, 7) is 0.902. The van der Waals surface area contributed by atoms with Crippen LogP contribution in [0.15, 0.2) is 30.3 Å². The molecule has 0 aliphatic heterocycles. The van der Waals surface area contributed by atoms with Gasteiger partial charge >= 0.3 is 0 Å². The molecule has 140 valence electrons. The zero-order valence-corrected chi connectivity index (χ0v) is 15.9. The maximum atomic E-state index is 13.7. The molecule has 2 unspecified atom stereocenters. The fourth-order valence-electron chi connectivity index (χ4n) is 6.66. The van der Waals surface area contributed by atoms with Crippen LogP contribution in [0.1, 0.15) is 56.9 Å². The summed E-state index contributed by atoms with van der Waals surface area (Å²) >= 11 is 0. The second-order valence-electron chi connectivity index (χ2n) is 9.00. The molecule has 4 heteroatoms. The van der Waals surface area contributed by atoms with E-state index in [4.69, 9.17) is 10.5 Å². The molecule has 4 fully saturated rings. The number of nitriles is 2. The summed E-state index contributed by atoms with van der Waals surface area (Å²) in [5.41, 5.74) is 1.25. The molecule has 1 aromatic rings. The van der Waals surface area contributed by atoms with Gasteiger partial charge in [0.25, 0.3) is 0 Å². The van der Waals surface area contributed by atoms with Crippen LogP contribution in [0, 0.1) is 39.9 Å². The number of benzene rings is 1. The lowest BCUT2D eigenvalue weighted by Crippen LogP contribution is -2.59. The molecule has 0 heterocycles. The molecule has 4 bridgehead atoms. The molecule has 4 saturated carbocycles. The minimum absolute atomic E-state index is 0.136. The van der Waals surface area contributed by atoms with E-state index >= 15 is 0 Å². The number of amides is 1. The number of rotatable bonds is 6. The van der Waals surface area contributed by atoms with Crippen LogP contribution in [0.25, 0.3) is 0 Å². The fourth-order valence-corrected chi connectivity index (χ4v) is 6.66. The van der Waals surface area contributed by atoms with Crippen LogP contribution in [-0.2, 0) is 10.2 Å². The Morgan fingerprint density at radius 1 is 1.00 bits per heavy atom. The summed E-state index contributed by atoms with van der Waals surface area (Å²) in [6, 6.07) is 15.1. The van der Waals surface area contributed by atoms with Gasteiger partial charge in [-0.05, 0) is 61.3 Å². The molecule has 1 amide bonds. The van der Waals surface area contributed by atoms with E-state index in [-0.39, 0.29) is 16.7 Å². The third-order valence-electron chi connectivity index (χ3n) is 7.18. The molecule has 0 saturated heterocycles. The molecular formula is C23H27N3O. The number of hydrogen-bond acceptors (Lipinski definition) is 3. The molecule has 4 aliphatic rings. The molecule has 4 nitrogen and oxygen atoms in total. The average molecular weight is 361 g/mol. The van der Waals surface area contributed by atoms with E-state index in [2.05, 4.69) is 42.5 Å². The normalized spacial score (nSPS) is 33.3. The first-order valence-corrected chi connectivity index (χ1v) is 10.2. The van der Waals surface area contributed by atoms with Gasteiger partial charge < -0.3 is 4.90 Å². The Bertz CT molecular complexity index is 756. The molecule has 2 atom stereocenters. The van der Waals surface area contributed by atoms with Crippen molar-refractivity contribution in [3.8, 4) is 12.1 Å². The highest BCUT2D eigenvalue weighted by molar-refractivity contribution is 5.83.